The van der Waals surface area contributed by atoms with Crippen molar-refractivity contribution in [2.45, 2.75) is 38.0 Å². The van der Waals surface area contributed by atoms with Crippen molar-refractivity contribution in [2.24, 2.45) is 5.73 Å². The van der Waals surface area contributed by atoms with Crippen LogP contribution in [0.1, 0.15) is 31.4 Å². The Morgan fingerprint density at radius 3 is 2.65 bits per heavy atom. The van der Waals surface area contributed by atoms with Crippen LogP contribution in [-0.2, 0) is 9.53 Å². The second-order valence-electron chi connectivity index (χ2n) is 5.24. The Bertz CT molecular complexity index is 463. The van der Waals surface area contributed by atoms with Gasteiger partial charge in [-0.3, -0.25) is 4.79 Å². The van der Waals surface area contributed by atoms with Gasteiger partial charge in [0.2, 0.25) is 0 Å². The van der Waals surface area contributed by atoms with E-state index in [0.29, 0.717) is 13.0 Å². The molecule has 1 fully saturated rings. The third-order valence-corrected chi connectivity index (χ3v) is 3.93. The molecule has 2 N–H and O–H groups in total. The molecular formula is C15H21FN2O2. The van der Waals surface area contributed by atoms with Gasteiger partial charge in [-0.05, 0) is 37.5 Å². The normalized spacial score (nSPS) is 23.6. The first-order valence-corrected chi connectivity index (χ1v) is 6.90. The molecule has 0 aromatic heterocycles. The number of nitrogens with two attached hydrogens (primary N) is 1. The van der Waals surface area contributed by atoms with E-state index in [1.165, 1.54) is 12.1 Å². The van der Waals surface area contributed by atoms with Crippen molar-refractivity contribution in [3.05, 3.63) is 35.6 Å². The minimum Gasteiger partial charge on any atom is -0.364 e. The summed E-state index contributed by atoms with van der Waals surface area (Å²) in [5.41, 5.74) is 6.45. The van der Waals surface area contributed by atoms with Crippen molar-refractivity contribution in [3.8, 4) is 0 Å². The molecule has 3 atom stereocenters. The van der Waals surface area contributed by atoms with Crippen molar-refractivity contribution in [1.29, 1.82) is 0 Å². The van der Waals surface area contributed by atoms with Crippen LogP contribution in [-0.4, -0.2) is 36.6 Å². The van der Waals surface area contributed by atoms with Gasteiger partial charge < -0.3 is 15.4 Å². The molecule has 2 rings (SSSR count). The van der Waals surface area contributed by atoms with Crippen LogP contribution in [0.4, 0.5) is 4.39 Å². The van der Waals surface area contributed by atoms with Gasteiger partial charge in [0.15, 0.2) is 0 Å². The number of hydrogen-bond donors (Lipinski definition) is 1. The summed E-state index contributed by atoms with van der Waals surface area (Å²) < 4.78 is 18.5. The fraction of sp³-hybridized carbons (Fsp3) is 0.533. The van der Waals surface area contributed by atoms with Crippen molar-refractivity contribution in [1.82, 2.24) is 4.90 Å². The van der Waals surface area contributed by atoms with Gasteiger partial charge in [-0.2, -0.15) is 0 Å². The van der Waals surface area contributed by atoms with Crippen molar-refractivity contribution in [3.63, 3.8) is 0 Å². The third kappa shape index (κ3) is 3.16. The molecule has 1 aromatic rings. The molecule has 1 aromatic carbocycles. The second kappa shape index (κ2) is 6.33. The summed E-state index contributed by atoms with van der Waals surface area (Å²) in [5, 5.41) is 0. The van der Waals surface area contributed by atoms with Crippen LogP contribution in [0.25, 0.3) is 0 Å². The first-order chi connectivity index (χ1) is 9.52. The van der Waals surface area contributed by atoms with Gasteiger partial charge in [0, 0.05) is 13.6 Å². The Morgan fingerprint density at radius 2 is 2.10 bits per heavy atom. The number of nitrogens with zero attached hydrogens (tertiary/aromatic N) is 1. The number of likely N-dealkylation sites (N-methyl/N-ethyl adjacent to an activating group) is 1. The van der Waals surface area contributed by atoms with Gasteiger partial charge in [-0.25, -0.2) is 4.39 Å². The van der Waals surface area contributed by atoms with Gasteiger partial charge in [-0.1, -0.05) is 12.1 Å². The van der Waals surface area contributed by atoms with Crippen LogP contribution in [0.3, 0.4) is 0 Å². The molecule has 1 aliphatic rings. The lowest BCUT2D eigenvalue weighted by molar-refractivity contribution is -0.143. The molecule has 0 saturated carbocycles. The fourth-order valence-corrected chi connectivity index (χ4v) is 2.44. The molecule has 1 heterocycles. The van der Waals surface area contributed by atoms with Crippen LogP contribution in [0.5, 0.6) is 0 Å². The van der Waals surface area contributed by atoms with Crippen LogP contribution >= 0.6 is 0 Å². The highest BCUT2D eigenvalue weighted by molar-refractivity contribution is 5.81. The second-order valence-corrected chi connectivity index (χ2v) is 5.24. The quantitative estimate of drug-likeness (QED) is 0.915. The number of hydrogen-bond acceptors (Lipinski definition) is 3. The molecule has 5 heteroatoms. The largest absolute Gasteiger partial charge is 0.364 e. The molecule has 1 amide bonds. The summed E-state index contributed by atoms with van der Waals surface area (Å²) in [6.45, 7) is 2.36. The minimum atomic E-state index is -0.406. The molecule has 0 spiro atoms. The zero-order chi connectivity index (χ0) is 14.7. The molecule has 0 aliphatic carbocycles. The Labute approximate surface area is 118 Å². The first-order valence-electron chi connectivity index (χ1n) is 6.90. The summed E-state index contributed by atoms with van der Waals surface area (Å²) in [6, 6.07) is 6.08. The van der Waals surface area contributed by atoms with E-state index in [-0.39, 0.29) is 23.9 Å². The lowest BCUT2D eigenvalue weighted by Crippen LogP contribution is -2.38. The topological polar surface area (TPSA) is 55.6 Å². The number of amides is 1. The minimum absolute atomic E-state index is 0.0153. The monoisotopic (exact) mass is 280 g/mol. The lowest BCUT2D eigenvalue weighted by atomic mass is 10.1. The number of carbonyl (C=O) groups excluding carboxylic acids is 1. The van der Waals surface area contributed by atoms with E-state index < -0.39 is 6.10 Å². The molecule has 20 heavy (non-hydrogen) atoms. The van der Waals surface area contributed by atoms with Crippen molar-refractivity contribution in [2.75, 3.05) is 13.6 Å². The van der Waals surface area contributed by atoms with Gasteiger partial charge in [0.25, 0.3) is 5.91 Å². The maximum Gasteiger partial charge on any atom is 0.251 e. The predicted octanol–water partition coefficient (Wildman–Crippen LogP) is 1.85. The van der Waals surface area contributed by atoms with E-state index in [4.69, 9.17) is 10.5 Å². The molecule has 1 aliphatic heterocycles. The SMILES string of the molecule is CC(c1ccc(F)cc1)N(C)C(=O)[C@@H]1CC[C@H](CN)O1. The zero-order valence-corrected chi connectivity index (χ0v) is 11.9. The molecular weight excluding hydrogens is 259 g/mol. The highest BCUT2D eigenvalue weighted by atomic mass is 19.1. The average molecular weight is 280 g/mol. The maximum atomic E-state index is 12.9. The van der Waals surface area contributed by atoms with E-state index in [0.717, 1.165) is 12.0 Å². The van der Waals surface area contributed by atoms with Crippen LogP contribution in [0.15, 0.2) is 24.3 Å². The summed E-state index contributed by atoms with van der Waals surface area (Å²) in [6.07, 6.45) is 1.11. The molecule has 0 bridgehead atoms. The highest BCUT2D eigenvalue weighted by Crippen LogP contribution is 2.25. The van der Waals surface area contributed by atoms with E-state index >= 15 is 0 Å². The Morgan fingerprint density at radius 1 is 1.45 bits per heavy atom. The Hall–Kier alpha value is -1.46. The molecule has 0 radical (unpaired) electrons. The van der Waals surface area contributed by atoms with Gasteiger partial charge in [-0.15, -0.1) is 0 Å². The van der Waals surface area contributed by atoms with Gasteiger partial charge in [0.05, 0.1) is 12.1 Å². The van der Waals surface area contributed by atoms with Crippen LogP contribution < -0.4 is 5.73 Å². The number of rotatable bonds is 4. The Kier molecular flexibility index (Phi) is 4.73. The van der Waals surface area contributed by atoms with Gasteiger partial charge in [0.1, 0.15) is 11.9 Å². The fourth-order valence-electron chi connectivity index (χ4n) is 2.44. The van der Waals surface area contributed by atoms with Crippen molar-refractivity contribution < 1.29 is 13.9 Å². The molecule has 1 unspecified atom stereocenters. The van der Waals surface area contributed by atoms with E-state index in [9.17, 15) is 9.18 Å². The number of ether oxygens (including phenoxy) is 1. The number of halogens is 1. The van der Waals surface area contributed by atoms with Crippen LogP contribution in [0, 0.1) is 5.82 Å². The molecule has 110 valence electrons. The summed E-state index contributed by atoms with van der Waals surface area (Å²) in [7, 11) is 1.75. The standard InChI is InChI=1S/C15H21FN2O2/c1-10(11-3-5-12(16)6-4-11)18(2)15(19)14-8-7-13(9-17)20-14/h3-6,10,13-14H,7-9,17H2,1-2H3/t10?,13-,14+/m1/s1. The number of carbonyl (C=O) groups is 1. The van der Waals surface area contributed by atoms with Crippen molar-refractivity contribution >= 4 is 5.91 Å². The summed E-state index contributed by atoms with van der Waals surface area (Å²) >= 11 is 0. The smallest absolute Gasteiger partial charge is 0.251 e. The highest BCUT2D eigenvalue weighted by Gasteiger charge is 2.33. The molecule has 1 saturated heterocycles. The summed E-state index contributed by atoms with van der Waals surface area (Å²) in [5.74, 6) is -0.322. The third-order valence-electron chi connectivity index (χ3n) is 3.93. The predicted molar refractivity (Wildman–Crippen MR) is 74.5 cm³/mol. The maximum absolute atomic E-state index is 12.9. The summed E-state index contributed by atoms with van der Waals surface area (Å²) in [4.78, 5) is 14.0. The molecule has 4 nitrogen and oxygen atoms in total. The lowest BCUT2D eigenvalue weighted by Gasteiger charge is -2.28. The first kappa shape index (κ1) is 14.9. The number of benzene rings is 1. The average Bonchev–Trinajstić information content (AvgIpc) is 2.94. The van der Waals surface area contributed by atoms with E-state index in [2.05, 4.69) is 0 Å². The van der Waals surface area contributed by atoms with Crippen LogP contribution in [0.2, 0.25) is 0 Å². The van der Waals surface area contributed by atoms with E-state index in [1.54, 1.807) is 24.1 Å². The van der Waals surface area contributed by atoms with Gasteiger partial charge >= 0.3 is 0 Å². The zero-order valence-electron chi connectivity index (χ0n) is 11.9. The van der Waals surface area contributed by atoms with E-state index in [1.807, 2.05) is 6.92 Å². The Balaban J connectivity index is 2.01.